The van der Waals surface area contributed by atoms with Crippen LogP contribution in [0.3, 0.4) is 0 Å². The number of aryl methyl sites for hydroxylation is 1. The molecule has 0 aliphatic carbocycles. The molecule has 0 unspecified atom stereocenters. The number of para-hydroxylation sites is 1. The van der Waals surface area contributed by atoms with Gasteiger partial charge in [0, 0.05) is 19.6 Å². The van der Waals surface area contributed by atoms with Gasteiger partial charge in [0.2, 0.25) is 0 Å². The van der Waals surface area contributed by atoms with Crippen molar-refractivity contribution in [3.63, 3.8) is 0 Å². The highest BCUT2D eigenvalue weighted by Gasteiger charge is 2.24. The predicted molar refractivity (Wildman–Crippen MR) is 191 cm³/mol. The van der Waals surface area contributed by atoms with E-state index in [0.717, 1.165) is 45.3 Å². The molecule has 0 amide bonds. The van der Waals surface area contributed by atoms with Gasteiger partial charge in [-0.2, -0.15) is 0 Å². The molecule has 9 heteroatoms. The first-order chi connectivity index (χ1) is 23.0. The number of carbonyl (C=O) groups excluding carboxylic acids is 1. The number of ether oxygens (including phenoxy) is 2. The summed E-state index contributed by atoms with van der Waals surface area (Å²) in [4.78, 5) is 41.7. The number of aromatic nitrogens is 2. The zero-order chi connectivity index (χ0) is 32.6. The Morgan fingerprint density at radius 1 is 0.771 bits per heavy atom. The summed E-state index contributed by atoms with van der Waals surface area (Å²) in [5.74, 6) is -0.463. The smallest absolute Gasteiger partial charge is 0.337 e. The highest BCUT2D eigenvalue weighted by Crippen LogP contribution is 2.30. The summed E-state index contributed by atoms with van der Waals surface area (Å²) >= 11 is 0. The molecule has 0 atom stereocenters. The first-order valence-electron chi connectivity index (χ1n) is 16.4. The second-order valence-corrected chi connectivity index (χ2v) is 12.1. The number of unbranched alkanes of at least 4 members (excludes halogenated alkanes) is 1. The second-order valence-electron chi connectivity index (χ2n) is 12.1. The number of nitrogens with zero attached hydrogens (tertiary/aromatic N) is 3. The van der Waals surface area contributed by atoms with Crippen LogP contribution >= 0.6 is 12.4 Å². The van der Waals surface area contributed by atoms with Crippen molar-refractivity contribution >= 4 is 29.3 Å². The monoisotopic (exact) mass is 667 g/mol. The van der Waals surface area contributed by atoms with E-state index < -0.39 is 5.97 Å². The summed E-state index contributed by atoms with van der Waals surface area (Å²) in [7, 11) is 1.33. The van der Waals surface area contributed by atoms with E-state index in [1.165, 1.54) is 22.8 Å². The molecular weight excluding hydrogens is 626 g/mol. The van der Waals surface area contributed by atoms with Crippen LogP contribution in [0.25, 0.3) is 10.9 Å². The van der Waals surface area contributed by atoms with Crippen LogP contribution in [-0.2, 0) is 22.6 Å². The molecule has 1 aliphatic rings. The number of hydrogen-bond donors (Lipinski definition) is 0. The fraction of sp³-hybridized carbons (Fsp3) is 0.308. The first kappa shape index (κ1) is 34.8. The number of benzene rings is 4. The number of esters is 1. The molecule has 2 heterocycles. The fourth-order valence-electron chi connectivity index (χ4n) is 6.50. The quantitative estimate of drug-likeness (QED) is 0.112. The van der Waals surface area contributed by atoms with Gasteiger partial charge in [-0.05, 0) is 73.2 Å². The Morgan fingerprint density at radius 2 is 1.40 bits per heavy atom. The van der Waals surface area contributed by atoms with Crippen LogP contribution in [0.5, 0.6) is 0 Å². The largest absolute Gasteiger partial charge is 0.465 e. The summed E-state index contributed by atoms with van der Waals surface area (Å²) < 4.78 is 14.5. The van der Waals surface area contributed by atoms with E-state index in [1.807, 2.05) is 30.3 Å². The van der Waals surface area contributed by atoms with Crippen LogP contribution in [0.15, 0.2) is 119 Å². The maximum Gasteiger partial charge on any atom is 0.337 e. The van der Waals surface area contributed by atoms with Gasteiger partial charge in [0.15, 0.2) is 0 Å². The normalized spacial score (nSPS) is 13.8. The molecule has 1 fully saturated rings. The van der Waals surface area contributed by atoms with Crippen LogP contribution in [0.4, 0.5) is 0 Å². The third-order valence-corrected chi connectivity index (χ3v) is 8.99. The Hall–Kier alpha value is -4.50. The lowest BCUT2D eigenvalue weighted by molar-refractivity contribution is -0.0271. The van der Waals surface area contributed by atoms with Crippen LogP contribution in [0.1, 0.15) is 58.8 Å². The summed E-state index contributed by atoms with van der Waals surface area (Å²) in [6.45, 7) is 3.47. The van der Waals surface area contributed by atoms with Crippen molar-refractivity contribution < 1.29 is 14.3 Å². The van der Waals surface area contributed by atoms with Crippen molar-refractivity contribution in [2.24, 2.45) is 0 Å². The highest BCUT2D eigenvalue weighted by molar-refractivity contribution is 5.89. The zero-order valence-corrected chi connectivity index (χ0v) is 28.0. The molecule has 250 valence electrons. The van der Waals surface area contributed by atoms with Crippen molar-refractivity contribution in [1.82, 2.24) is 14.0 Å². The molecule has 0 bridgehead atoms. The number of hydrogen-bond acceptors (Lipinski definition) is 6. The van der Waals surface area contributed by atoms with Gasteiger partial charge in [-0.3, -0.25) is 13.9 Å². The summed E-state index contributed by atoms with van der Waals surface area (Å²) in [6.07, 6.45) is 3.80. The minimum absolute atomic E-state index is 0. The topological polar surface area (TPSA) is 82.8 Å². The van der Waals surface area contributed by atoms with Gasteiger partial charge in [0.05, 0.1) is 36.2 Å². The SMILES string of the molecule is COC(=O)c1cccc(Cn2c(=O)c3ccccc3n(CCCCN3CCC(OC(c4ccccc4)c4ccccc4)CC3)c2=O)c1.Cl. The molecule has 48 heavy (non-hydrogen) atoms. The van der Waals surface area contributed by atoms with E-state index in [1.54, 1.807) is 34.9 Å². The van der Waals surface area contributed by atoms with Crippen LogP contribution < -0.4 is 11.2 Å². The molecule has 1 saturated heterocycles. The van der Waals surface area contributed by atoms with Crippen molar-refractivity contribution in [3.05, 3.63) is 152 Å². The Balaban J connectivity index is 0.00000451. The molecule has 0 radical (unpaired) electrons. The minimum atomic E-state index is -0.463. The Bertz CT molecular complexity index is 1880. The lowest BCUT2D eigenvalue weighted by Gasteiger charge is -2.34. The second kappa shape index (κ2) is 16.6. The number of halogens is 1. The van der Waals surface area contributed by atoms with Gasteiger partial charge < -0.3 is 14.4 Å². The number of methoxy groups -OCH3 is 1. The van der Waals surface area contributed by atoms with Gasteiger partial charge in [-0.15, -0.1) is 12.4 Å². The first-order valence-corrected chi connectivity index (χ1v) is 16.4. The molecule has 1 aliphatic heterocycles. The van der Waals surface area contributed by atoms with Crippen LogP contribution in [0.2, 0.25) is 0 Å². The molecule has 1 aromatic heterocycles. The third kappa shape index (κ3) is 8.13. The van der Waals surface area contributed by atoms with Crippen molar-refractivity contribution in [1.29, 1.82) is 0 Å². The highest BCUT2D eigenvalue weighted by atomic mass is 35.5. The third-order valence-electron chi connectivity index (χ3n) is 8.99. The minimum Gasteiger partial charge on any atom is -0.465 e. The van der Waals surface area contributed by atoms with Gasteiger partial charge >= 0.3 is 11.7 Å². The summed E-state index contributed by atoms with van der Waals surface area (Å²) in [6, 6.07) is 35.0. The van der Waals surface area contributed by atoms with E-state index in [4.69, 9.17) is 9.47 Å². The maximum absolute atomic E-state index is 13.7. The van der Waals surface area contributed by atoms with Gasteiger partial charge in [0.1, 0.15) is 6.10 Å². The molecule has 0 spiro atoms. The Kier molecular flexibility index (Phi) is 12.0. The van der Waals surface area contributed by atoms with E-state index in [2.05, 4.69) is 53.4 Å². The van der Waals surface area contributed by atoms with E-state index in [-0.39, 0.29) is 42.4 Å². The Morgan fingerprint density at radius 3 is 2.06 bits per heavy atom. The number of rotatable bonds is 12. The van der Waals surface area contributed by atoms with E-state index >= 15 is 0 Å². The average molecular weight is 668 g/mol. The number of fused-ring (bicyclic) bond motifs is 1. The van der Waals surface area contributed by atoms with Crippen molar-refractivity contribution in [3.8, 4) is 0 Å². The standard InChI is InChI=1S/C39H41N3O5.ClH/c1-46-38(44)32-18-12-13-29(27-32)28-42-37(43)34-19-8-9-20-35(34)41(39(42)45)24-11-10-23-40-25-21-33(22-26-40)47-36(30-14-4-2-5-15-30)31-16-6-3-7-17-31;/h2-9,12-20,27,33,36H,10-11,21-26,28H2,1H3;1H. The lowest BCUT2D eigenvalue weighted by Crippen LogP contribution is -2.40. The molecule has 6 rings (SSSR count). The zero-order valence-electron chi connectivity index (χ0n) is 27.2. The van der Waals surface area contributed by atoms with Gasteiger partial charge in [0.25, 0.3) is 5.56 Å². The van der Waals surface area contributed by atoms with E-state index in [9.17, 15) is 14.4 Å². The molecule has 5 aromatic rings. The molecule has 0 saturated carbocycles. The van der Waals surface area contributed by atoms with Crippen LogP contribution in [-0.4, -0.2) is 52.9 Å². The average Bonchev–Trinajstić information content (AvgIpc) is 3.13. The fourth-order valence-corrected chi connectivity index (χ4v) is 6.50. The van der Waals surface area contributed by atoms with Gasteiger partial charge in [-0.25, -0.2) is 9.59 Å². The van der Waals surface area contributed by atoms with Gasteiger partial charge in [-0.1, -0.05) is 84.9 Å². The number of piperidine rings is 1. The Labute approximate surface area is 287 Å². The van der Waals surface area contributed by atoms with Crippen LogP contribution in [0, 0.1) is 0 Å². The van der Waals surface area contributed by atoms with Crippen molar-refractivity contribution in [2.45, 2.75) is 51.0 Å². The number of carbonyl (C=O) groups is 1. The number of likely N-dealkylation sites (tertiary alicyclic amines) is 1. The summed E-state index contributed by atoms with van der Waals surface area (Å²) in [5.41, 5.74) is 3.36. The van der Waals surface area contributed by atoms with E-state index in [0.29, 0.717) is 28.6 Å². The molecular formula is C39H42ClN3O5. The van der Waals surface area contributed by atoms with Crippen molar-refractivity contribution in [2.75, 3.05) is 26.7 Å². The molecule has 0 N–H and O–H groups in total. The maximum atomic E-state index is 13.7. The lowest BCUT2D eigenvalue weighted by atomic mass is 10.00. The molecule has 8 nitrogen and oxygen atoms in total. The molecule has 4 aromatic carbocycles. The predicted octanol–water partition coefficient (Wildman–Crippen LogP) is 6.47. The summed E-state index contributed by atoms with van der Waals surface area (Å²) in [5, 5.41) is 0.502.